The summed E-state index contributed by atoms with van der Waals surface area (Å²) in [7, 11) is -0.0328. The largest absolute Gasteiger partial charge is 0.496 e. The third-order valence-electron chi connectivity index (χ3n) is 3.97. The highest BCUT2D eigenvalue weighted by molar-refractivity contribution is 7.92. The molecule has 0 spiro atoms. The lowest BCUT2D eigenvalue weighted by Crippen LogP contribution is -2.10. The lowest BCUT2D eigenvalue weighted by atomic mass is 9.89. The van der Waals surface area contributed by atoms with Gasteiger partial charge in [-0.15, -0.1) is 0 Å². The second kappa shape index (κ2) is 5.79. The van der Waals surface area contributed by atoms with Gasteiger partial charge in [-0.1, -0.05) is 26.8 Å². The van der Waals surface area contributed by atoms with Crippen LogP contribution in [0.2, 0.25) is 0 Å². The van der Waals surface area contributed by atoms with Crippen LogP contribution in [0.15, 0.2) is 12.1 Å². The van der Waals surface area contributed by atoms with Gasteiger partial charge in [-0.2, -0.15) is 5.10 Å². The summed E-state index contributed by atoms with van der Waals surface area (Å²) in [6, 6.07) is 3.89. The van der Waals surface area contributed by atoms with Crippen LogP contribution in [0.4, 0.5) is 5.82 Å². The molecule has 122 valence electrons. The SMILES string of the molecule is COc1ccc(C(C)C(C)C)c2c1c(NS(C)(=O)=O)nn2C. The molecule has 0 saturated carbocycles. The Balaban J connectivity index is 2.79. The van der Waals surface area contributed by atoms with E-state index in [-0.39, 0.29) is 0 Å². The molecule has 1 heterocycles. The van der Waals surface area contributed by atoms with Gasteiger partial charge < -0.3 is 4.74 Å². The maximum absolute atomic E-state index is 11.6. The Hall–Kier alpha value is -1.76. The van der Waals surface area contributed by atoms with Gasteiger partial charge in [0.15, 0.2) is 5.82 Å². The van der Waals surface area contributed by atoms with E-state index in [0.717, 1.165) is 17.3 Å². The predicted octanol–water partition coefficient (Wildman–Crippen LogP) is 2.71. The van der Waals surface area contributed by atoms with Crippen LogP contribution < -0.4 is 9.46 Å². The van der Waals surface area contributed by atoms with Gasteiger partial charge >= 0.3 is 0 Å². The molecule has 0 amide bonds. The summed E-state index contributed by atoms with van der Waals surface area (Å²) in [5.74, 6) is 1.68. The number of anilines is 1. The van der Waals surface area contributed by atoms with Gasteiger partial charge in [0, 0.05) is 7.05 Å². The van der Waals surface area contributed by atoms with Crippen molar-refractivity contribution in [1.29, 1.82) is 0 Å². The molecule has 1 atom stereocenters. The highest BCUT2D eigenvalue weighted by Gasteiger charge is 2.22. The van der Waals surface area contributed by atoms with Crippen LogP contribution in [-0.2, 0) is 17.1 Å². The molecule has 2 aromatic rings. The Morgan fingerprint density at radius 1 is 1.27 bits per heavy atom. The van der Waals surface area contributed by atoms with E-state index in [1.807, 2.05) is 19.2 Å². The Morgan fingerprint density at radius 2 is 1.91 bits per heavy atom. The van der Waals surface area contributed by atoms with Crippen molar-refractivity contribution < 1.29 is 13.2 Å². The number of benzene rings is 1. The summed E-state index contributed by atoms with van der Waals surface area (Å²) < 4.78 is 32.7. The third-order valence-corrected chi connectivity index (χ3v) is 4.54. The summed E-state index contributed by atoms with van der Waals surface area (Å²) in [5.41, 5.74) is 2.02. The van der Waals surface area contributed by atoms with Crippen molar-refractivity contribution in [3.05, 3.63) is 17.7 Å². The molecule has 0 aliphatic heterocycles. The molecule has 7 heteroatoms. The van der Waals surface area contributed by atoms with Gasteiger partial charge in [-0.05, 0) is 23.5 Å². The molecule has 22 heavy (non-hydrogen) atoms. The molecule has 1 N–H and O–H groups in total. The second-order valence-corrected chi connectivity index (χ2v) is 7.71. The second-order valence-electron chi connectivity index (χ2n) is 5.96. The number of hydrogen-bond acceptors (Lipinski definition) is 4. The average molecular weight is 325 g/mol. The van der Waals surface area contributed by atoms with Gasteiger partial charge in [-0.25, -0.2) is 8.42 Å². The first kappa shape index (κ1) is 16.6. The van der Waals surface area contributed by atoms with Gasteiger partial charge in [0.25, 0.3) is 0 Å². The van der Waals surface area contributed by atoms with E-state index in [4.69, 9.17) is 4.74 Å². The first-order valence-corrected chi connectivity index (χ1v) is 9.06. The lowest BCUT2D eigenvalue weighted by Gasteiger charge is -2.18. The zero-order valence-corrected chi connectivity index (χ0v) is 14.7. The summed E-state index contributed by atoms with van der Waals surface area (Å²) >= 11 is 0. The number of nitrogens with one attached hydrogen (secondary N) is 1. The number of aryl methyl sites for hydroxylation is 1. The van der Waals surface area contributed by atoms with Gasteiger partial charge in [-0.3, -0.25) is 9.40 Å². The molecule has 1 aromatic carbocycles. The van der Waals surface area contributed by atoms with Crippen LogP contribution >= 0.6 is 0 Å². The molecule has 0 saturated heterocycles. The van der Waals surface area contributed by atoms with E-state index in [2.05, 4.69) is 30.6 Å². The fourth-order valence-corrected chi connectivity index (χ4v) is 3.05. The molecule has 6 nitrogen and oxygen atoms in total. The highest BCUT2D eigenvalue weighted by atomic mass is 32.2. The van der Waals surface area contributed by atoms with Gasteiger partial charge in [0.05, 0.1) is 24.3 Å². The van der Waals surface area contributed by atoms with Gasteiger partial charge in [0.2, 0.25) is 10.0 Å². The number of methoxy groups -OCH3 is 1. The van der Waals surface area contributed by atoms with E-state index in [1.165, 1.54) is 0 Å². The average Bonchev–Trinajstić information content (AvgIpc) is 2.72. The van der Waals surface area contributed by atoms with Crippen LogP contribution in [0.1, 0.15) is 32.3 Å². The normalized spacial score (nSPS) is 13.6. The number of nitrogens with zero attached hydrogens (tertiary/aromatic N) is 2. The fourth-order valence-electron chi connectivity index (χ4n) is 2.56. The van der Waals surface area contributed by atoms with E-state index in [1.54, 1.807) is 11.8 Å². The number of aromatic nitrogens is 2. The Labute approximate surface area is 131 Å². The van der Waals surface area contributed by atoms with Crippen LogP contribution in [-0.4, -0.2) is 31.6 Å². The first-order valence-electron chi connectivity index (χ1n) is 7.17. The Morgan fingerprint density at radius 3 is 2.41 bits per heavy atom. The van der Waals surface area contributed by atoms with Crippen molar-refractivity contribution >= 4 is 26.7 Å². The lowest BCUT2D eigenvalue weighted by molar-refractivity contribution is 0.419. The third kappa shape index (κ3) is 3.04. The molecule has 0 bridgehead atoms. The molecule has 0 aliphatic carbocycles. The molecular formula is C15H23N3O3S. The van der Waals surface area contributed by atoms with Crippen LogP contribution in [0, 0.1) is 5.92 Å². The first-order chi connectivity index (χ1) is 10.2. The Bertz CT molecular complexity index is 794. The molecule has 0 aliphatic rings. The highest BCUT2D eigenvalue weighted by Crippen LogP contribution is 2.38. The number of rotatable bonds is 5. The number of hydrogen-bond donors (Lipinski definition) is 1. The zero-order valence-electron chi connectivity index (χ0n) is 13.8. The minimum absolute atomic E-state index is 0.301. The number of ether oxygens (including phenoxy) is 1. The smallest absolute Gasteiger partial charge is 0.231 e. The van der Waals surface area contributed by atoms with Crippen molar-refractivity contribution in [2.24, 2.45) is 13.0 Å². The van der Waals surface area contributed by atoms with Crippen molar-refractivity contribution in [3.63, 3.8) is 0 Å². The van der Waals surface area contributed by atoms with E-state index >= 15 is 0 Å². The molecule has 1 aromatic heterocycles. The fraction of sp³-hybridized carbons (Fsp3) is 0.533. The minimum atomic E-state index is -3.41. The molecular weight excluding hydrogens is 302 g/mol. The molecule has 1 unspecified atom stereocenters. The summed E-state index contributed by atoms with van der Waals surface area (Å²) in [6.07, 6.45) is 1.11. The number of sulfonamides is 1. The van der Waals surface area contributed by atoms with Gasteiger partial charge in [0.1, 0.15) is 5.75 Å². The Kier molecular flexibility index (Phi) is 4.37. The monoisotopic (exact) mass is 325 g/mol. The standard InChI is InChI=1S/C15H23N3O3S/c1-9(2)10(3)11-7-8-12(21-5)13-14(11)18(4)16-15(13)17-22(6,19)20/h7-10H,1-6H3,(H,16,17). The quantitative estimate of drug-likeness (QED) is 0.917. The van der Waals surface area contributed by atoms with Crippen LogP contribution in [0.3, 0.4) is 0 Å². The number of fused-ring (bicyclic) bond motifs is 1. The molecule has 0 radical (unpaired) electrons. The van der Waals surface area contributed by atoms with E-state index < -0.39 is 10.0 Å². The van der Waals surface area contributed by atoms with Crippen molar-refractivity contribution in [3.8, 4) is 5.75 Å². The van der Waals surface area contributed by atoms with E-state index in [0.29, 0.717) is 28.8 Å². The summed E-state index contributed by atoms with van der Waals surface area (Å²) in [6.45, 7) is 6.47. The summed E-state index contributed by atoms with van der Waals surface area (Å²) in [5, 5.41) is 5.03. The summed E-state index contributed by atoms with van der Waals surface area (Å²) in [4.78, 5) is 0. The molecule has 2 rings (SSSR count). The van der Waals surface area contributed by atoms with Crippen molar-refractivity contribution in [1.82, 2.24) is 9.78 Å². The zero-order chi connectivity index (χ0) is 16.7. The minimum Gasteiger partial charge on any atom is -0.496 e. The maximum Gasteiger partial charge on any atom is 0.231 e. The maximum atomic E-state index is 11.6. The van der Waals surface area contributed by atoms with Crippen molar-refractivity contribution in [2.75, 3.05) is 18.1 Å². The topological polar surface area (TPSA) is 73.2 Å². The van der Waals surface area contributed by atoms with E-state index in [9.17, 15) is 8.42 Å². The van der Waals surface area contributed by atoms with Crippen LogP contribution in [0.5, 0.6) is 5.75 Å². The predicted molar refractivity (Wildman–Crippen MR) is 89.0 cm³/mol. The molecule has 0 fully saturated rings. The van der Waals surface area contributed by atoms with Crippen LogP contribution in [0.25, 0.3) is 10.9 Å². The van der Waals surface area contributed by atoms with Crippen molar-refractivity contribution in [2.45, 2.75) is 26.7 Å².